The standard InChI is InChI=1S/C14H27NO/c1-11(8-10-14(15)12(2)16)7-9-13-5-3-4-6-13/h11,13-14H,3-10,15H2,1-2H3. The summed E-state index contributed by atoms with van der Waals surface area (Å²) < 4.78 is 0. The van der Waals surface area contributed by atoms with Crippen molar-refractivity contribution in [2.24, 2.45) is 17.6 Å². The highest BCUT2D eigenvalue weighted by Crippen LogP contribution is 2.30. The molecule has 16 heavy (non-hydrogen) atoms. The van der Waals surface area contributed by atoms with Gasteiger partial charge in [-0.15, -0.1) is 0 Å². The molecule has 0 spiro atoms. The molecule has 2 N–H and O–H groups in total. The molecule has 0 aromatic heterocycles. The molecule has 2 atom stereocenters. The van der Waals surface area contributed by atoms with Crippen molar-refractivity contribution < 1.29 is 4.79 Å². The SMILES string of the molecule is CC(=O)C(N)CCC(C)CCC1CCCC1. The van der Waals surface area contributed by atoms with Gasteiger partial charge in [0.05, 0.1) is 6.04 Å². The molecule has 0 amide bonds. The van der Waals surface area contributed by atoms with Gasteiger partial charge in [0.1, 0.15) is 5.78 Å². The fourth-order valence-electron chi connectivity index (χ4n) is 2.63. The Labute approximate surface area is 100.0 Å². The maximum absolute atomic E-state index is 11.0. The highest BCUT2D eigenvalue weighted by atomic mass is 16.1. The summed E-state index contributed by atoms with van der Waals surface area (Å²) in [5, 5.41) is 0. The third-order valence-electron chi connectivity index (χ3n) is 4.04. The van der Waals surface area contributed by atoms with Crippen LogP contribution in [0.25, 0.3) is 0 Å². The zero-order valence-corrected chi connectivity index (χ0v) is 10.9. The van der Waals surface area contributed by atoms with Crippen LogP contribution < -0.4 is 5.73 Å². The summed E-state index contributed by atoms with van der Waals surface area (Å²) in [6.07, 6.45) is 10.4. The molecule has 1 aliphatic rings. The van der Waals surface area contributed by atoms with Crippen molar-refractivity contribution in [3.63, 3.8) is 0 Å². The summed E-state index contributed by atoms with van der Waals surface area (Å²) in [4.78, 5) is 11.0. The molecule has 0 heterocycles. The lowest BCUT2D eigenvalue weighted by Crippen LogP contribution is -2.28. The average Bonchev–Trinajstić information content (AvgIpc) is 2.75. The van der Waals surface area contributed by atoms with E-state index in [0.717, 1.165) is 24.7 Å². The molecule has 0 radical (unpaired) electrons. The van der Waals surface area contributed by atoms with Gasteiger partial charge < -0.3 is 5.73 Å². The minimum absolute atomic E-state index is 0.128. The van der Waals surface area contributed by atoms with Crippen molar-refractivity contribution in [2.45, 2.75) is 71.3 Å². The first-order valence-corrected chi connectivity index (χ1v) is 6.85. The minimum atomic E-state index is -0.228. The lowest BCUT2D eigenvalue weighted by molar-refractivity contribution is -0.118. The molecule has 0 bridgehead atoms. The van der Waals surface area contributed by atoms with E-state index in [1.165, 1.54) is 38.5 Å². The maximum atomic E-state index is 11.0. The molecule has 0 saturated heterocycles. The topological polar surface area (TPSA) is 43.1 Å². The van der Waals surface area contributed by atoms with Crippen molar-refractivity contribution in [2.75, 3.05) is 0 Å². The monoisotopic (exact) mass is 225 g/mol. The van der Waals surface area contributed by atoms with E-state index in [1.807, 2.05) is 0 Å². The van der Waals surface area contributed by atoms with Crippen LogP contribution in [0.2, 0.25) is 0 Å². The Hall–Kier alpha value is -0.370. The third-order valence-corrected chi connectivity index (χ3v) is 4.04. The smallest absolute Gasteiger partial charge is 0.146 e. The van der Waals surface area contributed by atoms with Crippen LogP contribution in [0.15, 0.2) is 0 Å². The van der Waals surface area contributed by atoms with Crippen molar-refractivity contribution in [1.82, 2.24) is 0 Å². The van der Waals surface area contributed by atoms with Crippen LogP contribution in [0, 0.1) is 11.8 Å². The molecule has 94 valence electrons. The zero-order chi connectivity index (χ0) is 12.0. The summed E-state index contributed by atoms with van der Waals surface area (Å²) >= 11 is 0. The van der Waals surface area contributed by atoms with E-state index in [0.29, 0.717) is 0 Å². The lowest BCUT2D eigenvalue weighted by atomic mass is 9.91. The summed E-state index contributed by atoms with van der Waals surface area (Å²) in [5.41, 5.74) is 5.73. The van der Waals surface area contributed by atoms with E-state index < -0.39 is 0 Å². The molecule has 1 fully saturated rings. The highest BCUT2D eigenvalue weighted by molar-refractivity contribution is 5.80. The number of carbonyl (C=O) groups excluding carboxylic acids is 1. The Morgan fingerprint density at radius 1 is 1.25 bits per heavy atom. The summed E-state index contributed by atoms with van der Waals surface area (Å²) in [6, 6.07) is -0.228. The van der Waals surface area contributed by atoms with E-state index in [9.17, 15) is 4.79 Å². The van der Waals surface area contributed by atoms with Gasteiger partial charge in [-0.1, -0.05) is 45.4 Å². The maximum Gasteiger partial charge on any atom is 0.146 e. The van der Waals surface area contributed by atoms with E-state index in [4.69, 9.17) is 5.73 Å². The summed E-state index contributed by atoms with van der Waals surface area (Å²) in [7, 11) is 0. The second-order valence-corrected chi connectivity index (χ2v) is 5.63. The van der Waals surface area contributed by atoms with Gasteiger partial charge in [-0.25, -0.2) is 0 Å². The molecular weight excluding hydrogens is 198 g/mol. The minimum Gasteiger partial charge on any atom is -0.322 e. The van der Waals surface area contributed by atoms with Gasteiger partial charge in [0, 0.05) is 0 Å². The number of nitrogens with two attached hydrogens (primary N) is 1. The number of ketones is 1. The lowest BCUT2D eigenvalue weighted by Gasteiger charge is -2.16. The first kappa shape index (κ1) is 13.7. The Balaban J connectivity index is 2.05. The van der Waals surface area contributed by atoms with Gasteiger partial charge >= 0.3 is 0 Å². The van der Waals surface area contributed by atoms with Crippen LogP contribution in [-0.2, 0) is 4.79 Å². The average molecular weight is 225 g/mol. The molecule has 0 aliphatic heterocycles. The van der Waals surface area contributed by atoms with Crippen LogP contribution in [0.5, 0.6) is 0 Å². The molecule has 1 rings (SSSR count). The predicted octanol–water partition coefficient (Wildman–Crippen LogP) is 3.29. The molecule has 0 aromatic rings. The van der Waals surface area contributed by atoms with E-state index in [-0.39, 0.29) is 11.8 Å². The van der Waals surface area contributed by atoms with Gasteiger partial charge in [0.2, 0.25) is 0 Å². The van der Waals surface area contributed by atoms with Gasteiger partial charge in [-0.3, -0.25) is 4.79 Å². The van der Waals surface area contributed by atoms with E-state index in [2.05, 4.69) is 6.92 Å². The fraction of sp³-hybridized carbons (Fsp3) is 0.929. The Morgan fingerprint density at radius 2 is 1.88 bits per heavy atom. The first-order valence-electron chi connectivity index (χ1n) is 6.85. The predicted molar refractivity (Wildman–Crippen MR) is 68.2 cm³/mol. The molecule has 2 unspecified atom stereocenters. The van der Waals surface area contributed by atoms with Crippen LogP contribution in [0.4, 0.5) is 0 Å². The van der Waals surface area contributed by atoms with Crippen molar-refractivity contribution in [3.05, 3.63) is 0 Å². The second-order valence-electron chi connectivity index (χ2n) is 5.63. The van der Waals surface area contributed by atoms with Crippen LogP contribution in [0.1, 0.15) is 65.2 Å². The van der Waals surface area contributed by atoms with Crippen molar-refractivity contribution >= 4 is 5.78 Å². The Bertz CT molecular complexity index is 209. The van der Waals surface area contributed by atoms with Crippen molar-refractivity contribution in [1.29, 1.82) is 0 Å². The molecule has 1 saturated carbocycles. The fourth-order valence-corrected chi connectivity index (χ4v) is 2.63. The quantitative estimate of drug-likeness (QED) is 0.722. The van der Waals surface area contributed by atoms with E-state index in [1.54, 1.807) is 6.92 Å². The third kappa shape index (κ3) is 5.11. The van der Waals surface area contributed by atoms with Crippen LogP contribution >= 0.6 is 0 Å². The van der Waals surface area contributed by atoms with Gasteiger partial charge in [-0.2, -0.15) is 0 Å². The number of rotatable bonds is 7. The summed E-state index contributed by atoms with van der Waals surface area (Å²) in [5.74, 6) is 1.85. The normalized spacial score (nSPS) is 20.9. The van der Waals surface area contributed by atoms with Gasteiger partial charge in [0.15, 0.2) is 0 Å². The van der Waals surface area contributed by atoms with Gasteiger partial charge in [0.25, 0.3) is 0 Å². The number of Topliss-reactive ketones (excluding diaryl/α,β-unsaturated/α-hetero) is 1. The number of carbonyl (C=O) groups is 1. The second kappa shape index (κ2) is 7.05. The highest BCUT2D eigenvalue weighted by Gasteiger charge is 2.16. The first-order chi connectivity index (χ1) is 7.59. The number of hydrogen-bond acceptors (Lipinski definition) is 2. The Morgan fingerprint density at radius 3 is 2.44 bits per heavy atom. The van der Waals surface area contributed by atoms with Crippen molar-refractivity contribution in [3.8, 4) is 0 Å². The largest absolute Gasteiger partial charge is 0.322 e. The molecule has 0 aromatic carbocycles. The number of hydrogen-bond donors (Lipinski definition) is 1. The summed E-state index contributed by atoms with van der Waals surface area (Å²) in [6.45, 7) is 3.88. The zero-order valence-electron chi connectivity index (χ0n) is 10.9. The molecule has 2 heteroatoms. The molecular formula is C14H27NO. The van der Waals surface area contributed by atoms with Crippen LogP contribution in [-0.4, -0.2) is 11.8 Å². The van der Waals surface area contributed by atoms with Crippen LogP contribution in [0.3, 0.4) is 0 Å². The molecule has 2 nitrogen and oxygen atoms in total. The Kier molecular flexibility index (Phi) is 6.04. The van der Waals surface area contributed by atoms with E-state index >= 15 is 0 Å². The van der Waals surface area contributed by atoms with Gasteiger partial charge in [-0.05, 0) is 31.6 Å². The molecule has 1 aliphatic carbocycles.